The summed E-state index contributed by atoms with van der Waals surface area (Å²) in [6, 6.07) is 11.2. The molecular weight excluding hydrogens is 368 g/mol. The van der Waals surface area contributed by atoms with Crippen LogP contribution in [-0.2, 0) is 4.79 Å². The first-order valence-corrected chi connectivity index (χ1v) is 9.65. The van der Waals surface area contributed by atoms with E-state index in [9.17, 15) is 9.59 Å². The molecule has 2 rings (SSSR count). The summed E-state index contributed by atoms with van der Waals surface area (Å²) in [5.41, 5.74) is 3.36. The lowest BCUT2D eigenvalue weighted by Gasteiger charge is -2.15. The molecule has 0 aliphatic carbocycles. The molecule has 138 valence electrons. The third kappa shape index (κ3) is 5.51. The number of thioether (sulfide) groups is 1. The highest BCUT2D eigenvalue weighted by Crippen LogP contribution is 2.24. The highest BCUT2D eigenvalue weighted by Gasteiger charge is 2.15. The fraction of sp³-hybridized carbons (Fsp3) is 0.300. The second-order valence-corrected chi connectivity index (χ2v) is 7.89. The molecule has 1 N–H and O–H groups in total. The van der Waals surface area contributed by atoms with Crippen LogP contribution in [0.3, 0.4) is 0 Å². The lowest BCUT2D eigenvalue weighted by molar-refractivity contribution is -0.115. The van der Waals surface area contributed by atoms with Crippen molar-refractivity contribution in [3.05, 3.63) is 58.1 Å². The number of hydrogen-bond acceptors (Lipinski definition) is 3. The van der Waals surface area contributed by atoms with Crippen LogP contribution in [0.4, 0.5) is 5.69 Å². The molecule has 0 saturated carbocycles. The summed E-state index contributed by atoms with van der Waals surface area (Å²) in [5.74, 6) is 0.337. The average molecular weight is 391 g/mol. The van der Waals surface area contributed by atoms with Gasteiger partial charge in [0.2, 0.25) is 5.91 Å². The zero-order valence-electron chi connectivity index (χ0n) is 15.4. The van der Waals surface area contributed by atoms with E-state index in [2.05, 4.69) is 37.4 Å². The molecule has 26 heavy (non-hydrogen) atoms. The van der Waals surface area contributed by atoms with Crippen LogP contribution in [-0.4, -0.2) is 36.6 Å². The molecule has 6 heteroatoms. The maximum atomic E-state index is 12.3. The van der Waals surface area contributed by atoms with Crippen LogP contribution in [0, 0.1) is 13.8 Å². The van der Waals surface area contributed by atoms with E-state index in [-0.39, 0.29) is 11.8 Å². The van der Waals surface area contributed by atoms with E-state index in [1.54, 1.807) is 44.1 Å². The molecule has 0 radical (unpaired) electrons. The fourth-order valence-corrected chi connectivity index (χ4v) is 3.44. The number of anilines is 1. The molecule has 2 aromatic carbocycles. The van der Waals surface area contributed by atoms with Gasteiger partial charge in [0.05, 0.1) is 11.3 Å². The third-order valence-electron chi connectivity index (χ3n) is 3.97. The number of amides is 2. The molecule has 0 atom stereocenters. The molecule has 0 heterocycles. The molecule has 2 aromatic rings. The Kier molecular flexibility index (Phi) is 7.12. The molecule has 0 fully saturated rings. The largest absolute Gasteiger partial charge is 0.345 e. The Morgan fingerprint density at radius 2 is 1.81 bits per heavy atom. The van der Waals surface area contributed by atoms with Crippen LogP contribution in [0.1, 0.15) is 27.9 Å². The summed E-state index contributed by atoms with van der Waals surface area (Å²) in [6.45, 7) is 4.16. The molecule has 0 aliphatic rings. The van der Waals surface area contributed by atoms with Gasteiger partial charge >= 0.3 is 0 Å². The van der Waals surface area contributed by atoms with Crippen molar-refractivity contribution in [2.45, 2.75) is 25.2 Å². The van der Waals surface area contributed by atoms with Crippen LogP contribution >= 0.6 is 23.4 Å². The van der Waals surface area contributed by atoms with Crippen molar-refractivity contribution >= 4 is 40.9 Å². The Bertz CT molecular complexity index is 821. The van der Waals surface area contributed by atoms with Gasteiger partial charge in [0.1, 0.15) is 0 Å². The lowest BCUT2D eigenvalue weighted by atomic mass is 10.1. The second-order valence-electron chi connectivity index (χ2n) is 6.28. The number of nitrogens with one attached hydrogen (secondary N) is 1. The number of hydrogen-bond donors (Lipinski definition) is 1. The summed E-state index contributed by atoms with van der Waals surface area (Å²) in [6.07, 6.45) is 0.347. The summed E-state index contributed by atoms with van der Waals surface area (Å²) < 4.78 is 0. The highest BCUT2D eigenvalue weighted by atomic mass is 35.5. The minimum absolute atomic E-state index is 0.142. The van der Waals surface area contributed by atoms with Crippen molar-refractivity contribution in [1.82, 2.24) is 4.90 Å². The van der Waals surface area contributed by atoms with Gasteiger partial charge in [0, 0.05) is 36.2 Å². The van der Waals surface area contributed by atoms with Gasteiger partial charge in [0.15, 0.2) is 0 Å². The Morgan fingerprint density at radius 3 is 2.46 bits per heavy atom. The number of rotatable bonds is 6. The van der Waals surface area contributed by atoms with Crippen molar-refractivity contribution in [2.75, 3.05) is 25.2 Å². The number of carbonyl (C=O) groups is 2. The van der Waals surface area contributed by atoms with Gasteiger partial charge in [0.25, 0.3) is 5.91 Å². The third-order valence-corrected chi connectivity index (χ3v) is 5.20. The Morgan fingerprint density at radius 1 is 1.08 bits per heavy atom. The molecule has 0 aromatic heterocycles. The van der Waals surface area contributed by atoms with Gasteiger partial charge < -0.3 is 10.2 Å². The van der Waals surface area contributed by atoms with E-state index >= 15 is 0 Å². The molecular formula is C20H23ClN2O2S. The zero-order chi connectivity index (χ0) is 19.3. The van der Waals surface area contributed by atoms with Gasteiger partial charge in [-0.2, -0.15) is 0 Å². The van der Waals surface area contributed by atoms with Crippen LogP contribution in [0.25, 0.3) is 0 Å². The summed E-state index contributed by atoms with van der Waals surface area (Å²) in [5, 5.41) is 3.28. The van der Waals surface area contributed by atoms with Crippen molar-refractivity contribution in [3.8, 4) is 0 Å². The minimum atomic E-state index is -0.179. The first-order chi connectivity index (χ1) is 12.3. The SMILES string of the molecule is Cc1ccc(SCCC(=O)Nc2cc(Cl)ccc2C(=O)N(C)C)cc1C. The van der Waals surface area contributed by atoms with E-state index < -0.39 is 0 Å². The summed E-state index contributed by atoms with van der Waals surface area (Å²) in [7, 11) is 3.34. The van der Waals surface area contributed by atoms with E-state index in [1.807, 2.05) is 0 Å². The van der Waals surface area contributed by atoms with Crippen molar-refractivity contribution in [3.63, 3.8) is 0 Å². The second kappa shape index (κ2) is 9.10. The van der Waals surface area contributed by atoms with Crippen molar-refractivity contribution < 1.29 is 9.59 Å². The van der Waals surface area contributed by atoms with Crippen LogP contribution in [0.2, 0.25) is 5.02 Å². The first kappa shape index (κ1) is 20.3. The normalized spacial score (nSPS) is 10.5. The molecule has 0 saturated heterocycles. The number of halogens is 1. The smallest absolute Gasteiger partial charge is 0.255 e. The van der Waals surface area contributed by atoms with E-state index in [0.29, 0.717) is 28.4 Å². The quantitative estimate of drug-likeness (QED) is 0.722. The standard InChI is InChI=1S/C20H23ClN2O2S/c1-13-5-7-16(11-14(13)2)26-10-9-19(24)22-18-12-15(21)6-8-17(18)20(25)23(3)4/h5-8,11-12H,9-10H2,1-4H3,(H,22,24). The monoisotopic (exact) mass is 390 g/mol. The van der Waals surface area contributed by atoms with Crippen LogP contribution in [0.5, 0.6) is 0 Å². The summed E-state index contributed by atoms with van der Waals surface area (Å²) in [4.78, 5) is 27.1. The van der Waals surface area contributed by atoms with Gasteiger partial charge in [-0.25, -0.2) is 0 Å². The minimum Gasteiger partial charge on any atom is -0.345 e. The number of nitrogens with zero attached hydrogens (tertiary/aromatic N) is 1. The van der Waals surface area contributed by atoms with Gasteiger partial charge in [-0.3, -0.25) is 9.59 Å². The van der Waals surface area contributed by atoms with Crippen LogP contribution in [0.15, 0.2) is 41.3 Å². The molecule has 2 amide bonds. The number of benzene rings is 2. The van der Waals surface area contributed by atoms with Gasteiger partial charge in [-0.1, -0.05) is 17.7 Å². The van der Waals surface area contributed by atoms with Crippen molar-refractivity contribution in [1.29, 1.82) is 0 Å². The molecule has 0 spiro atoms. The Hall–Kier alpha value is -1.98. The van der Waals surface area contributed by atoms with Gasteiger partial charge in [-0.15, -0.1) is 11.8 Å². The highest BCUT2D eigenvalue weighted by molar-refractivity contribution is 7.99. The predicted molar refractivity (Wildman–Crippen MR) is 109 cm³/mol. The Balaban J connectivity index is 1.98. The van der Waals surface area contributed by atoms with Crippen molar-refractivity contribution in [2.24, 2.45) is 0 Å². The molecule has 0 bridgehead atoms. The van der Waals surface area contributed by atoms with E-state index in [4.69, 9.17) is 11.6 Å². The fourth-order valence-electron chi connectivity index (χ4n) is 2.33. The molecule has 0 unspecified atom stereocenters. The number of aryl methyl sites for hydroxylation is 2. The number of carbonyl (C=O) groups excluding carboxylic acids is 2. The topological polar surface area (TPSA) is 49.4 Å². The van der Waals surface area contributed by atoms with E-state index in [0.717, 1.165) is 4.90 Å². The molecule has 4 nitrogen and oxygen atoms in total. The van der Waals surface area contributed by atoms with Crippen LogP contribution < -0.4 is 5.32 Å². The zero-order valence-corrected chi connectivity index (χ0v) is 17.0. The first-order valence-electron chi connectivity index (χ1n) is 8.29. The maximum absolute atomic E-state index is 12.3. The maximum Gasteiger partial charge on any atom is 0.255 e. The lowest BCUT2D eigenvalue weighted by Crippen LogP contribution is -2.24. The van der Waals surface area contributed by atoms with E-state index in [1.165, 1.54) is 16.0 Å². The Labute approximate surface area is 163 Å². The van der Waals surface area contributed by atoms with Gasteiger partial charge in [-0.05, 0) is 55.3 Å². The average Bonchev–Trinajstić information content (AvgIpc) is 2.57. The summed E-state index contributed by atoms with van der Waals surface area (Å²) >= 11 is 7.65. The molecule has 0 aliphatic heterocycles. The predicted octanol–water partition coefficient (Wildman–Crippen LogP) is 4.78.